The van der Waals surface area contributed by atoms with Crippen LogP contribution in [0.5, 0.6) is 0 Å². The molecule has 1 aromatic carbocycles. The summed E-state index contributed by atoms with van der Waals surface area (Å²) in [4.78, 5) is 4.41. The maximum absolute atomic E-state index is 5.98. The number of nitrogens with two attached hydrogens (primary N) is 1. The molecule has 2 aromatic rings. The highest BCUT2D eigenvalue weighted by molar-refractivity contribution is 6.35. The first kappa shape index (κ1) is 16.3. The highest BCUT2D eigenvalue weighted by atomic mass is 35.5. The lowest BCUT2D eigenvalue weighted by Crippen LogP contribution is -2.19. The average Bonchev–Trinajstić information content (AvgIpc) is 2.84. The number of hydrogen-bond acceptors (Lipinski definition) is 4. The maximum atomic E-state index is 5.98. The molecule has 1 atom stereocenters. The molecular weight excluding hydrogens is 309 g/mol. The van der Waals surface area contributed by atoms with E-state index in [1.807, 2.05) is 0 Å². The van der Waals surface area contributed by atoms with E-state index in [-0.39, 0.29) is 0 Å². The van der Waals surface area contributed by atoms with E-state index in [9.17, 15) is 0 Å². The van der Waals surface area contributed by atoms with E-state index in [1.54, 1.807) is 18.2 Å². The molecule has 2 N–H and O–H groups in total. The second-order valence-electron chi connectivity index (χ2n) is 5.61. The fraction of sp³-hybridized carbons (Fsp3) is 0.467. The van der Waals surface area contributed by atoms with Crippen LogP contribution in [0.2, 0.25) is 10.0 Å². The molecule has 0 fully saturated rings. The van der Waals surface area contributed by atoms with Crippen molar-refractivity contribution in [3.8, 4) is 11.4 Å². The molecule has 4 nitrogen and oxygen atoms in total. The van der Waals surface area contributed by atoms with Crippen molar-refractivity contribution in [1.29, 1.82) is 0 Å². The predicted octanol–water partition coefficient (Wildman–Crippen LogP) is 4.21. The van der Waals surface area contributed by atoms with E-state index in [2.05, 4.69) is 24.0 Å². The molecule has 1 aromatic heterocycles. The highest BCUT2D eigenvalue weighted by Gasteiger charge is 2.16. The van der Waals surface area contributed by atoms with Crippen LogP contribution in [0.4, 0.5) is 0 Å². The lowest BCUT2D eigenvalue weighted by Gasteiger charge is -2.14. The van der Waals surface area contributed by atoms with Gasteiger partial charge in [-0.25, -0.2) is 0 Å². The standard InChI is InChI=1S/C15H19Cl2N3O/c1-9(2)3-10(8-18)4-14-19-15(20-21-14)11-5-12(16)7-13(17)6-11/h5-7,9-10H,3-4,8,18H2,1-2H3. The van der Waals surface area contributed by atoms with Gasteiger partial charge in [-0.2, -0.15) is 4.98 Å². The van der Waals surface area contributed by atoms with Crippen molar-refractivity contribution in [2.75, 3.05) is 6.54 Å². The van der Waals surface area contributed by atoms with E-state index in [4.69, 9.17) is 33.5 Å². The summed E-state index contributed by atoms with van der Waals surface area (Å²) in [7, 11) is 0. The Kier molecular flexibility index (Phi) is 5.62. The quantitative estimate of drug-likeness (QED) is 0.863. The van der Waals surface area contributed by atoms with Gasteiger partial charge in [0.2, 0.25) is 11.7 Å². The van der Waals surface area contributed by atoms with Gasteiger partial charge >= 0.3 is 0 Å². The maximum Gasteiger partial charge on any atom is 0.227 e. The molecule has 1 heterocycles. The van der Waals surface area contributed by atoms with Gasteiger partial charge in [-0.05, 0) is 43.0 Å². The Morgan fingerprint density at radius 3 is 2.43 bits per heavy atom. The molecular formula is C15H19Cl2N3O. The molecule has 0 saturated heterocycles. The zero-order valence-corrected chi connectivity index (χ0v) is 13.7. The zero-order valence-electron chi connectivity index (χ0n) is 12.1. The van der Waals surface area contributed by atoms with Gasteiger partial charge in [0.1, 0.15) is 0 Å². The smallest absolute Gasteiger partial charge is 0.227 e. The van der Waals surface area contributed by atoms with Crippen LogP contribution in [0, 0.1) is 11.8 Å². The minimum absolute atomic E-state index is 0.348. The van der Waals surface area contributed by atoms with Crippen molar-refractivity contribution in [3.05, 3.63) is 34.1 Å². The number of benzene rings is 1. The largest absolute Gasteiger partial charge is 0.339 e. The first-order valence-electron chi connectivity index (χ1n) is 6.97. The fourth-order valence-electron chi connectivity index (χ4n) is 2.31. The molecule has 21 heavy (non-hydrogen) atoms. The molecule has 0 bridgehead atoms. The summed E-state index contributed by atoms with van der Waals surface area (Å²) in [5.41, 5.74) is 6.55. The van der Waals surface area contributed by atoms with Gasteiger partial charge < -0.3 is 10.3 Å². The lowest BCUT2D eigenvalue weighted by atomic mass is 9.94. The topological polar surface area (TPSA) is 64.9 Å². The van der Waals surface area contributed by atoms with Crippen LogP contribution in [0.3, 0.4) is 0 Å². The predicted molar refractivity (Wildman–Crippen MR) is 85.5 cm³/mol. The van der Waals surface area contributed by atoms with Crippen molar-refractivity contribution in [2.24, 2.45) is 17.6 Å². The van der Waals surface area contributed by atoms with Crippen LogP contribution in [0.15, 0.2) is 22.7 Å². The van der Waals surface area contributed by atoms with Crippen molar-refractivity contribution in [2.45, 2.75) is 26.7 Å². The molecule has 0 aliphatic carbocycles. The molecule has 6 heteroatoms. The SMILES string of the molecule is CC(C)CC(CN)Cc1nc(-c2cc(Cl)cc(Cl)c2)no1. The van der Waals surface area contributed by atoms with Gasteiger partial charge in [-0.3, -0.25) is 0 Å². The van der Waals surface area contributed by atoms with Crippen molar-refractivity contribution in [3.63, 3.8) is 0 Å². The monoisotopic (exact) mass is 327 g/mol. The molecule has 114 valence electrons. The Balaban J connectivity index is 2.13. The number of hydrogen-bond donors (Lipinski definition) is 1. The van der Waals surface area contributed by atoms with E-state index >= 15 is 0 Å². The van der Waals surface area contributed by atoms with Crippen LogP contribution < -0.4 is 5.73 Å². The summed E-state index contributed by atoms with van der Waals surface area (Å²) in [6.45, 7) is 4.96. The van der Waals surface area contributed by atoms with Crippen LogP contribution in [0.25, 0.3) is 11.4 Å². The van der Waals surface area contributed by atoms with E-state index < -0.39 is 0 Å². The molecule has 0 spiro atoms. The second-order valence-corrected chi connectivity index (χ2v) is 6.48. The molecule has 0 radical (unpaired) electrons. The van der Waals surface area contributed by atoms with Gasteiger partial charge in [0.05, 0.1) is 0 Å². The van der Waals surface area contributed by atoms with Gasteiger partial charge in [-0.1, -0.05) is 42.2 Å². The summed E-state index contributed by atoms with van der Waals surface area (Å²) in [5.74, 6) is 2.03. The molecule has 0 saturated carbocycles. The van der Waals surface area contributed by atoms with Crippen LogP contribution in [-0.2, 0) is 6.42 Å². The number of rotatable bonds is 6. The third-order valence-corrected chi connectivity index (χ3v) is 3.63. The van der Waals surface area contributed by atoms with Crippen LogP contribution in [-0.4, -0.2) is 16.7 Å². The third kappa shape index (κ3) is 4.70. The van der Waals surface area contributed by atoms with Crippen LogP contribution in [0.1, 0.15) is 26.2 Å². The van der Waals surface area contributed by atoms with Crippen molar-refractivity contribution in [1.82, 2.24) is 10.1 Å². The van der Waals surface area contributed by atoms with Crippen molar-refractivity contribution < 1.29 is 4.52 Å². The number of aromatic nitrogens is 2. The Morgan fingerprint density at radius 2 is 1.86 bits per heavy atom. The fourth-order valence-corrected chi connectivity index (χ4v) is 2.84. The van der Waals surface area contributed by atoms with E-state index in [1.165, 1.54) is 0 Å². The molecule has 0 aliphatic rings. The van der Waals surface area contributed by atoms with E-state index in [0.29, 0.717) is 46.6 Å². The first-order chi connectivity index (χ1) is 9.97. The Labute approximate surface area is 134 Å². The summed E-state index contributed by atoms with van der Waals surface area (Å²) >= 11 is 12.0. The molecule has 2 rings (SSSR count). The third-order valence-electron chi connectivity index (χ3n) is 3.19. The zero-order chi connectivity index (χ0) is 15.4. The molecule has 1 unspecified atom stereocenters. The second kappa shape index (κ2) is 7.25. The normalized spacial score (nSPS) is 12.9. The van der Waals surface area contributed by atoms with Gasteiger partial charge in [-0.15, -0.1) is 0 Å². The van der Waals surface area contributed by atoms with Gasteiger partial charge in [0.25, 0.3) is 0 Å². The summed E-state index contributed by atoms with van der Waals surface area (Å²) < 4.78 is 5.31. The number of nitrogens with zero attached hydrogens (tertiary/aromatic N) is 2. The van der Waals surface area contributed by atoms with Crippen LogP contribution >= 0.6 is 23.2 Å². The summed E-state index contributed by atoms with van der Waals surface area (Å²) in [6.07, 6.45) is 1.73. The number of halogens is 2. The molecule has 0 aliphatic heterocycles. The Morgan fingerprint density at radius 1 is 1.19 bits per heavy atom. The first-order valence-corrected chi connectivity index (χ1v) is 7.72. The highest BCUT2D eigenvalue weighted by Crippen LogP contribution is 2.26. The van der Waals surface area contributed by atoms with Gasteiger partial charge in [0, 0.05) is 22.0 Å². The Hall–Kier alpha value is -1.10. The molecule has 0 amide bonds. The average molecular weight is 328 g/mol. The minimum Gasteiger partial charge on any atom is -0.339 e. The summed E-state index contributed by atoms with van der Waals surface area (Å²) in [6, 6.07) is 5.19. The lowest BCUT2D eigenvalue weighted by molar-refractivity contribution is 0.332. The minimum atomic E-state index is 0.348. The van der Waals surface area contributed by atoms with E-state index in [0.717, 1.165) is 12.0 Å². The van der Waals surface area contributed by atoms with Gasteiger partial charge in [0.15, 0.2) is 0 Å². The summed E-state index contributed by atoms with van der Waals surface area (Å²) in [5, 5.41) is 5.08. The van der Waals surface area contributed by atoms with Crippen molar-refractivity contribution >= 4 is 23.2 Å². The Bertz CT molecular complexity index is 578.